The van der Waals surface area contributed by atoms with E-state index in [9.17, 15) is 4.79 Å². The van der Waals surface area contributed by atoms with E-state index < -0.39 is 6.29 Å². The first-order valence-corrected chi connectivity index (χ1v) is 11.1. The molecule has 32 heavy (non-hydrogen) atoms. The second-order valence-corrected chi connectivity index (χ2v) is 7.26. The number of aromatic nitrogens is 2. The number of carbonyl (C=O) groups excluding carboxylic acids is 1. The largest absolute Gasteiger partial charge is 0.461 e. The van der Waals surface area contributed by atoms with Crippen LogP contribution in [-0.4, -0.2) is 42.0 Å². The van der Waals surface area contributed by atoms with Gasteiger partial charge in [0.15, 0.2) is 0 Å². The lowest BCUT2D eigenvalue weighted by Crippen LogP contribution is -2.20. The van der Waals surface area contributed by atoms with Gasteiger partial charge in [-0.2, -0.15) is 4.98 Å². The molecule has 0 radical (unpaired) electrons. The highest BCUT2D eigenvalue weighted by Crippen LogP contribution is 2.17. The first-order valence-electron chi connectivity index (χ1n) is 10.8. The fraction of sp³-hybridized carbons (Fsp3) is 0.458. The maximum atomic E-state index is 12.3. The summed E-state index contributed by atoms with van der Waals surface area (Å²) in [6, 6.07) is 9.61. The lowest BCUT2D eigenvalue weighted by atomic mass is 10.0. The minimum absolute atomic E-state index is 0.0624. The van der Waals surface area contributed by atoms with E-state index in [4.69, 9.17) is 25.8 Å². The Hall–Kier alpha value is -2.66. The second-order valence-electron chi connectivity index (χ2n) is 6.92. The topological polar surface area (TPSA) is 82.6 Å². The van der Waals surface area contributed by atoms with Gasteiger partial charge in [-0.05, 0) is 42.9 Å². The minimum atomic E-state index is -0.628. The maximum Gasteiger partial charge on any atom is 0.306 e. The Morgan fingerprint density at radius 1 is 1.16 bits per heavy atom. The number of nitrogens with one attached hydrogen (secondary N) is 1. The second kappa shape index (κ2) is 14.4. The molecule has 0 aliphatic rings. The number of esters is 1. The molecule has 172 valence electrons. The Morgan fingerprint density at radius 2 is 1.88 bits per heavy atom. The number of halogens is 1. The molecule has 8 heteroatoms. The molecule has 7 nitrogen and oxygen atoms in total. The SMILES string of the molecule is CCOC(C#Cc1cnc(Cl)nc1NCC(CC)CC(=O)OCc1ccccc1)OCC. The minimum Gasteiger partial charge on any atom is -0.461 e. The van der Waals surface area contributed by atoms with Crippen LogP contribution in [0.5, 0.6) is 0 Å². The summed E-state index contributed by atoms with van der Waals surface area (Å²) in [5.41, 5.74) is 1.53. The summed E-state index contributed by atoms with van der Waals surface area (Å²) in [7, 11) is 0. The van der Waals surface area contributed by atoms with Gasteiger partial charge in [0.2, 0.25) is 11.6 Å². The Balaban J connectivity index is 1.97. The molecule has 0 saturated carbocycles. The standard InChI is InChI=1S/C24H30ClN3O4/c1-4-18(14-21(29)32-17-19-10-8-7-9-11-19)15-26-23-20(16-27-24(25)28-23)12-13-22(30-5-2)31-6-3/h7-11,16,18,22H,4-6,14-15,17H2,1-3H3,(H,26,27,28). The van der Waals surface area contributed by atoms with Gasteiger partial charge in [0.25, 0.3) is 0 Å². The third-order valence-electron chi connectivity index (χ3n) is 4.55. The van der Waals surface area contributed by atoms with Crippen molar-refractivity contribution in [1.29, 1.82) is 0 Å². The Bertz CT molecular complexity index is 893. The Morgan fingerprint density at radius 3 is 2.53 bits per heavy atom. The average Bonchev–Trinajstić information content (AvgIpc) is 2.80. The molecule has 1 unspecified atom stereocenters. The van der Waals surface area contributed by atoms with E-state index in [2.05, 4.69) is 27.1 Å². The lowest BCUT2D eigenvalue weighted by Gasteiger charge is -2.16. The van der Waals surface area contributed by atoms with Gasteiger partial charge in [-0.3, -0.25) is 4.79 Å². The van der Waals surface area contributed by atoms with Crippen LogP contribution in [0.2, 0.25) is 5.28 Å². The van der Waals surface area contributed by atoms with Crippen molar-refractivity contribution in [3.63, 3.8) is 0 Å². The highest BCUT2D eigenvalue weighted by molar-refractivity contribution is 6.28. The lowest BCUT2D eigenvalue weighted by molar-refractivity contribution is -0.146. The fourth-order valence-electron chi connectivity index (χ4n) is 2.79. The Labute approximate surface area is 194 Å². The van der Waals surface area contributed by atoms with Crippen molar-refractivity contribution in [3.05, 3.63) is 52.9 Å². The van der Waals surface area contributed by atoms with Crippen molar-refractivity contribution in [2.45, 2.75) is 46.5 Å². The van der Waals surface area contributed by atoms with Crippen LogP contribution in [0.4, 0.5) is 5.82 Å². The van der Waals surface area contributed by atoms with E-state index in [0.717, 1.165) is 12.0 Å². The zero-order valence-electron chi connectivity index (χ0n) is 18.8. The van der Waals surface area contributed by atoms with E-state index in [1.807, 2.05) is 51.1 Å². The molecule has 1 aromatic heterocycles. The summed E-state index contributed by atoms with van der Waals surface area (Å²) in [4.78, 5) is 20.5. The number of nitrogens with zero attached hydrogens (tertiary/aromatic N) is 2. The highest BCUT2D eigenvalue weighted by Gasteiger charge is 2.15. The van der Waals surface area contributed by atoms with E-state index in [1.165, 1.54) is 0 Å². The average molecular weight is 460 g/mol. The zero-order chi connectivity index (χ0) is 23.2. The number of rotatable bonds is 12. The number of hydrogen-bond acceptors (Lipinski definition) is 7. The van der Waals surface area contributed by atoms with E-state index in [1.54, 1.807) is 6.20 Å². The first-order chi connectivity index (χ1) is 15.5. The van der Waals surface area contributed by atoms with Crippen molar-refractivity contribution in [1.82, 2.24) is 9.97 Å². The van der Waals surface area contributed by atoms with Crippen LogP contribution in [0.1, 0.15) is 44.7 Å². The van der Waals surface area contributed by atoms with Crippen molar-refractivity contribution in [2.24, 2.45) is 5.92 Å². The van der Waals surface area contributed by atoms with Crippen LogP contribution >= 0.6 is 11.6 Å². The Kier molecular flexibility index (Phi) is 11.5. The van der Waals surface area contributed by atoms with Crippen molar-refractivity contribution in [2.75, 3.05) is 25.1 Å². The van der Waals surface area contributed by atoms with Crippen molar-refractivity contribution >= 4 is 23.4 Å². The summed E-state index contributed by atoms with van der Waals surface area (Å²) >= 11 is 5.98. The van der Waals surface area contributed by atoms with Gasteiger partial charge in [-0.1, -0.05) is 49.6 Å². The third-order valence-corrected chi connectivity index (χ3v) is 4.74. The molecule has 2 aromatic rings. The number of anilines is 1. The summed E-state index contributed by atoms with van der Waals surface area (Å²) in [6.07, 6.45) is 2.02. The van der Waals surface area contributed by atoms with Crippen LogP contribution in [0, 0.1) is 17.8 Å². The van der Waals surface area contributed by atoms with Gasteiger partial charge < -0.3 is 19.5 Å². The smallest absolute Gasteiger partial charge is 0.306 e. The predicted molar refractivity (Wildman–Crippen MR) is 124 cm³/mol. The van der Waals surface area contributed by atoms with Crippen LogP contribution in [0.3, 0.4) is 0 Å². The zero-order valence-corrected chi connectivity index (χ0v) is 19.5. The highest BCUT2D eigenvalue weighted by atomic mass is 35.5. The van der Waals surface area contributed by atoms with Crippen molar-refractivity contribution < 1.29 is 19.0 Å². The van der Waals surface area contributed by atoms with Gasteiger partial charge in [-0.25, -0.2) is 4.98 Å². The first kappa shape index (κ1) is 25.6. The summed E-state index contributed by atoms with van der Waals surface area (Å²) in [6.45, 7) is 7.54. The molecule has 1 atom stereocenters. The molecular weight excluding hydrogens is 430 g/mol. The number of benzene rings is 1. The van der Waals surface area contributed by atoms with E-state index >= 15 is 0 Å². The van der Waals surface area contributed by atoms with E-state index in [-0.39, 0.29) is 23.8 Å². The molecule has 1 N–H and O–H groups in total. The molecule has 0 bridgehead atoms. The third kappa shape index (κ3) is 9.23. The van der Waals surface area contributed by atoms with Gasteiger partial charge in [0.1, 0.15) is 12.4 Å². The van der Waals surface area contributed by atoms with Gasteiger partial charge in [0, 0.05) is 26.0 Å². The normalized spacial score (nSPS) is 11.5. The number of ether oxygens (including phenoxy) is 3. The molecule has 0 saturated heterocycles. The maximum absolute atomic E-state index is 12.3. The molecule has 0 aliphatic carbocycles. The predicted octanol–water partition coefficient (Wildman–Crippen LogP) is 4.45. The molecule has 1 heterocycles. The van der Waals surface area contributed by atoms with Gasteiger partial charge in [0.05, 0.1) is 12.0 Å². The summed E-state index contributed by atoms with van der Waals surface area (Å²) in [5.74, 6) is 6.25. The van der Waals surface area contributed by atoms with Crippen LogP contribution < -0.4 is 5.32 Å². The van der Waals surface area contributed by atoms with Crippen LogP contribution in [0.15, 0.2) is 36.5 Å². The van der Waals surface area contributed by atoms with Gasteiger partial charge >= 0.3 is 5.97 Å². The van der Waals surface area contributed by atoms with Gasteiger partial charge in [-0.15, -0.1) is 0 Å². The quantitative estimate of drug-likeness (QED) is 0.217. The molecule has 0 aliphatic heterocycles. The van der Waals surface area contributed by atoms with E-state index in [0.29, 0.717) is 37.6 Å². The molecular formula is C24H30ClN3O4. The number of hydrogen-bond donors (Lipinski definition) is 1. The molecule has 0 spiro atoms. The van der Waals surface area contributed by atoms with Crippen LogP contribution in [-0.2, 0) is 25.6 Å². The molecule has 1 aromatic carbocycles. The molecule has 0 fully saturated rings. The van der Waals surface area contributed by atoms with Crippen LogP contribution in [0.25, 0.3) is 0 Å². The molecule has 2 rings (SSSR count). The monoisotopic (exact) mass is 459 g/mol. The molecule has 0 amide bonds. The summed E-state index contributed by atoms with van der Waals surface area (Å²) < 4.78 is 16.3. The fourth-order valence-corrected chi connectivity index (χ4v) is 2.93. The number of carbonyl (C=O) groups is 1. The van der Waals surface area contributed by atoms with Crippen molar-refractivity contribution in [3.8, 4) is 11.8 Å². The summed E-state index contributed by atoms with van der Waals surface area (Å²) in [5, 5.41) is 3.36.